The van der Waals surface area contributed by atoms with Gasteiger partial charge in [-0.3, -0.25) is 4.79 Å². The molecule has 0 saturated heterocycles. The van der Waals surface area contributed by atoms with Gasteiger partial charge in [0.25, 0.3) is 5.91 Å². The number of benzene rings is 2. The average molecular weight is 446 g/mol. The van der Waals surface area contributed by atoms with Gasteiger partial charge >= 0.3 is 0 Å². The molecule has 0 N–H and O–H groups in total. The molecule has 1 amide bonds. The number of para-hydroxylation sites is 1. The average Bonchev–Trinajstić information content (AvgIpc) is 3.46. The van der Waals surface area contributed by atoms with Gasteiger partial charge in [-0.25, -0.2) is 4.68 Å². The summed E-state index contributed by atoms with van der Waals surface area (Å²) in [5.41, 5.74) is 3.55. The number of amides is 1. The molecular weight excluding hydrogens is 418 g/mol. The summed E-state index contributed by atoms with van der Waals surface area (Å²) in [7, 11) is 1.61. The van der Waals surface area contributed by atoms with Gasteiger partial charge in [0.05, 0.1) is 36.4 Å². The first-order chi connectivity index (χ1) is 16.1. The molecule has 2 aromatic heterocycles. The molecule has 2 heterocycles. The van der Waals surface area contributed by atoms with Gasteiger partial charge in [-0.1, -0.05) is 30.3 Å². The number of hydrogen-bond acceptors (Lipinski definition) is 5. The van der Waals surface area contributed by atoms with Crippen LogP contribution in [-0.4, -0.2) is 40.8 Å². The fraction of sp³-hybridized carbons (Fsp3) is 0.231. The van der Waals surface area contributed by atoms with Crippen molar-refractivity contribution >= 4 is 5.91 Å². The molecule has 2 aromatic carbocycles. The lowest BCUT2D eigenvalue weighted by atomic mass is 10.2. The summed E-state index contributed by atoms with van der Waals surface area (Å²) in [6.07, 6.45) is 1.49. The number of rotatable bonds is 9. The third kappa shape index (κ3) is 5.15. The highest BCUT2D eigenvalue weighted by atomic mass is 16.5. The molecule has 0 aliphatic rings. The van der Waals surface area contributed by atoms with E-state index in [1.54, 1.807) is 28.8 Å². The van der Waals surface area contributed by atoms with E-state index < -0.39 is 0 Å². The van der Waals surface area contributed by atoms with Gasteiger partial charge in [-0.2, -0.15) is 5.10 Å². The Balaban J connectivity index is 1.75. The van der Waals surface area contributed by atoms with E-state index in [1.165, 1.54) is 6.26 Å². The molecule has 0 bridgehead atoms. The normalized spacial score (nSPS) is 10.9. The van der Waals surface area contributed by atoms with Crippen LogP contribution in [0.25, 0.3) is 5.69 Å². The van der Waals surface area contributed by atoms with Crippen molar-refractivity contribution in [3.8, 4) is 17.3 Å². The summed E-state index contributed by atoms with van der Waals surface area (Å²) in [6, 6.07) is 21.0. The quantitative estimate of drug-likeness (QED) is 0.356. The molecule has 0 spiro atoms. The fourth-order valence-corrected chi connectivity index (χ4v) is 3.56. The third-order valence-corrected chi connectivity index (χ3v) is 5.28. The van der Waals surface area contributed by atoms with E-state index in [1.807, 2.05) is 68.4 Å². The Kier molecular flexibility index (Phi) is 6.90. The Bertz CT molecular complexity index is 1200. The molecule has 0 fully saturated rings. The number of furan rings is 1. The van der Waals surface area contributed by atoms with E-state index in [4.69, 9.17) is 19.0 Å². The number of ether oxygens (including phenoxy) is 2. The lowest BCUT2D eigenvalue weighted by molar-refractivity contribution is 0.0648. The standard InChI is InChI=1S/C26H27N3O4/c1-19-9-7-12-22(17-19)33-26-23(20(2)27-29(26)21-10-5-4-6-11-21)18-28(14-16-31-3)25(30)24-13-8-15-32-24/h4-13,15,17H,14,16,18H2,1-3H3. The van der Waals surface area contributed by atoms with Crippen LogP contribution in [0.15, 0.2) is 77.4 Å². The summed E-state index contributed by atoms with van der Waals surface area (Å²) in [5.74, 6) is 1.33. The van der Waals surface area contributed by atoms with Crippen molar-refractivity contribution in [2.24, 2.45) is 0 Å². The molecule has 170 valence electrons. The van der Waals surface area contributed by atoms with Gasteiger partial charge in [0.1, 0.15) is 5.75 Å². The molecule has 7 nitrogen and oxygen atoms in total. The van der Waals surface area contributed by atoms with Crippen LogP contribution in [0.4, 0.5) is 0 Å². The monoisotopic (exact) mass is 445 g/mol. The predicted molar refractivity (Wildman–Crippen MR) is 125 cm³/mol. The van der Waals surface area contributed by atoms with Crippen LogP contribution in [0.2, 0.25) is 0 Å². The zero-order valence-electron chi connectivity index (χ0n) is 19.0. The van der Waals surface area contributed by atoms with Crippen molar-refractivity contribution in [3.05, 3.63) is 95.6 Å². The van der Waals surface area contributed by atoms with E-state index in [2.05, 4.69) is 0 Å². The Labute approximate surface area is 193 Å². The Morgan fingerprint density at radius 3 is 2.58 bits per heavy atom. The van der Waals surface area contributed by atoms with Gasteiger partial charge in [0.15, 0.2) is 5.76 Å². The van der Waals surface area contributed by atoms with Crippen molar-refractivity contribution in [1.29, 1.82) is 0 Å². The summed E-state index contributed by atoms with van der Waals surface area (Å²) >= 11 is 0. The van der Waals surface area contributed by atoms with Crippen molar-refractivity contribution in [3.63, 3.8) is 0 Å². The maximum atomic E-state index is 13.1. The van der Waals surface area contributed by atoms with E-state index in [-0.39, 0.29) is 11.7 Å². The molecule has 7 heteroatoms. The van der Waals surface area contributed by atoms with Crippen LogP contribution in [0.5, 0.6) is 11.6 Å². The Morgan fingerprint density at radius 2 is 1.88 bits per heavy atom. The van der Waals surface area contributed by atoms with E-state index in [9.17, 15) is 4.79 Å². The lowest BCUT2D eigenvalue weighted by Crippen LogP contribution is -2.33. The van der Waals surface area contributed by atoms with Gasteiger partial charge in [0, 0.05) is 13.7 Å². The number of aromatic nitrogens is 2. The molecule has 0 radical (unpaired) electrons. The predicted octanol–water partition coefficient (Wildman–Crippen LogP) is 5.16. The van der Waals surface area contributed by atoms with Gasteiger partial charge in [-0.05, 0) is 55.8 Å². The molecule has 0 aliphatic heterocycles. The molecule has 0 atom stereocenters. The second-order valence-corrected chi connectivity index (χ2v) is 7.73. The molecule has 4 rings (SSSR count). The lowest BCUT2D eigenvalue weighted by Gasteiger charge is -2.22. The summed E-state index contributed by atoms with van der Waals surface area (Å²) in [5, 5.41) is 4.75. The van der Waals surface area contributed by atoms with Crippen molar-refractivity contribution in [2.45, 2.75) is 20.4 Å². The minimum Gasteiger partial charge on any atom is -0.459 e. The summed E-state index contributed by atoms with van der Waals surface area (Å²) in [6.45, 7) is 5.02. The van der Waals surface area contributed by atoms with Crippen molar-refractivity contribution in [2.75, 3.05) is 20.3 Å². The largest absolute Gasteiger partial charge is 0.459 e. The minimum absolute atomic E-state index is 0.217. The number of carbonyl (C=O) groups is 1. The minimum atomic E-state index is -0.217. The highest BCUT2D eigenvalue weighted by molar-refractivity contribution is 5.91. The topological polar surface area (TPSA) is 69.7 Å². The van der Waals surface area contributed by atoms with Crippen LogP contribution in [0.1, 0.15) is 27.4 Å². The maximum absolute atomic E-state index is 13.1. The summed E-state index contributed by atoms with van der Waals surface area (Å²) in [4.78, 5) is 14.8. The maximum Gasteiger partial charge on any atom is 0.289 e. The SMILES string of the molecule is COCCN(Cc1c(C)nn(-c2ccccc2)c1Oc1cccc(C)c1)C(=O)c1ccco1. The van der Waals surface area contributed by atoms with Crippen molar-refractivity contribution in [1.82, 2.24) is 14.7 Å². The van der Waals surface area contributed by atoms with Gasteiger partial charge < -0.3 is 18.8 Å². The smallest absolute Gasteiger partial charge is 0.289 e. The van der Waals surface area contributed by atoms with Crippen LogP contribution in [-0.2, 0) is 11.3 Å². The molecule has 0 aliphatic carbocycles. The first-order valence-corrected chi connectivity index (χ1v) is 10.8. The number of nitrogens with zero attached hydrogens (tertiary/aromatic N) is 3. The molecule has 0 unspecified atom stereocenters. The van der Waals surface area contributed by atoms with Gasteiger partial charge in [-0.15, -0.1) is 0 Å². The van der Waals surface area contributed by atoms with E-state index in [0.717, 1.165) is 22.5 Å². The number of aryl methyl sites for hydroxylation is 2. The fourth-order valence-electron chi connectivity index (χ4n) is 3.56. The Morgan fingerprint density at radius 1 is 1.06 bits per heavy atom. The van der Waals surface area contributed by atoms with Crippen LogP contribution in [0, 0.1) is 13.8 Å². The first-order valence-electron chi connectivity index (χ1n) is 10.8. The highest BCUT2D eigenvalue weighted by Crippen LogP contribution is 2.32. The number of hydrogen-bond donors (Lipinski definition) is 0. The number of carbonyl (C=O) groups excluding carboxylic acids is 1. The molecular formula is C26H27N3O4. The van der Waals surface area contributed by atoms with Crippen LogP contribution < -0.4 is 4.74 Å². The summed E-state index contributed by atoms with van der Waals surface area (Å²) < 4.78 is 18.8. The van der Waals surface area contributed by atoms with E-state index in [0.29, 0.717) is 31.3 Å². The first kappa shape index (κ1) is 22.4. The second kappa shape index (κ2) is 10.2. The van der Waals surface area contributed by atoms with Gasteiger partial charge in [0.2, 0.25) is 5.88 Å². The zero-order valence-corrected chi connectivity index (χ0v) is 19.0. The highest BCUT2D eigenvalue weighted by Gasteiger charge is 2.25. The van der Waals surface area contributed by atoms with E-state index >= 15 is 0 Å². The van der Waals surface area contributed by atoms with Crippen molar-refractivity contribution < 1.29 is 18.7 Å². The van der Waals surface area contributed by atoms with Crippen LogP contribution in [0.3, 0.4) is 0 Å². The molecule has 33 heavy (non-hydrogen) atoms. The second-order valence-electron chi connectivity index (χ2n) is 7.73. The number of methoxy groups -OCH3 is 1. The molecule has 4 aromatic rings. The van der Waals surface area contributed by atoms with Crippen LogP contribution >= 0.6 is 0 Å². The zero-order chi connectivity index (χ0) is 23.2. The molecule has 0 saturated carbocycles. The Hall–Kier alpha value is -3.84. The third-order valence-electron chi connectivity index (χ3n) is 5.28.